The lowest BCUT2D eigenvalue weighted by Gasteiger charge is -2.36. The van der Waals surface area contributed by atoms with E-state index < -0.39 is 0 Å². The van der Waals surface area contributed by atoms with Crippen molar-refractivity contribution in [3.8, 4) is 5.75 Å². The summed E-state index contributed by atoms with van der Waals surface area (Å²) in [6.07, 6.45) is 3.17. The number of hydrogen-bond donors (Lipinski definition) is 1. The second kappa shape index (κ2) is 7.43. The van der Waals surface area contributed by atoms with Crippen LogP contribution in [0.1, 0.15) is 24.4 Å². The summed E-state index contributed by atoms with van der Waals surface area (Å²) >= 11 is 0. The third-order valence-electron chi connectivity index (χ3n) is 6.67. The van der Waals surface area contributed by atoms with Crippen LogP contribution in [0.15, 0.2) is 48.8 Å². The molecule has 0 amide bonds. The molecule has 0 spiro atoms. The lowest BCUT2D eigenvalue weighted by atomic mass is 9.77. The molecule has 152 valence electrons. The zero-order valence-electron chi connectivity index (χ0n) is 16.5. The maximum Gasteiger partial charge on any atom is 0.127 e. The molecular formula is C23H26FN3O2. The number of ether oxygens (including phenoxy) is 1. The van der Waals surface area contributed by atoms with Gasteiger partial charge in [0, 0.05) is 25.2 Å². The van der Waals surface area contributed by atoms with Gasteiger partial charge >= 0.3 is 0 Å². The minimum atomic E-state index is -0.387. The highest BCUT2D eigenvalue weighted by atomic mass is 19.1. The number of hydrogen-bond acceptors (Lipinski definition) is 4. The van der Waals surface area contributed by atoms with Gasteiger partial charge in [-0.1, -0.05) is 12.1 Å². The summed E-state index contributed by atoms with van der Waals surface area (Å²) in [7, 11) is 1.60. The summed E-state index contributed by atoms with van der Waals surface area (Å²) in [6.45, 7) is 2.40. The van der Waals surface area contributed by atoms with Gasteiger partial charge in [-0.3, -0.25) is 4.90 Å². The number of fused-ring (bicyclic) bond motifs is 2. The van der Waals surface area contributed by atoms with Crippen molar-refractivity contribution in [1.29, 1.82) is 0 Å². The van der Waals surface area contributed by atoms with Gasteiger partial charge in [0.1, 0.15) is 11.6 Å². The lowest BCUT2D eigenvalue weighted by molar-refractivity contribution is 0.0374. The van der Waals surface area contributed by atoms with Gasteiger partial charge in [0.2, 0.25) is 0 Å². The Bertz CT molecular complexity index is 1020. The van der Waals surface area contributed by atoms with Crippen LogP contribution in [0.2, 0.25) is 0 Å². The van der Waals surface area contributed by atoms with E-state index in [9.17, 15) is 9.50 Å². The number of nitrogens with zero attached hydrogens (tertiary/aromatic N) is 3. The van der Waals surface area contributed by atoms with E-state index in [0.29, 0.717) is 29.7 Å². The molecule has 2 fully saturated rings. The fourth-order valence-corrected chi connectivity index (χ4v) is 5.22. The molecule has 1 aliphatic carbocycles. The molecule has 1 aromatic heterocycles. The highest BCUT2D eigenvalue weighted by molar-refractivity contribution is 5.75. The highest BCUT2D eigenvalue weighted by Gasteiger charge is 2.42. The van der Waals surface area contributed by atoms with E-state index in [0.717, 1.165) is 37.0 Å². The van der Waals surface area contributed by atoms with Gasteiger partial charge in [-0.2, -0.15) is 0 Å². The van der Waals surface area contributed by atoms with Crippen LogP contribution in [-0.4, -0.2) is 45.9 Å². The number of halogens is 1. The summed E-state index contributed by atoms with van der Waals surface area (Å²) in [6, 6.07) is 13.0. The fourth-order valence-electron chi connectivity index (χ4n) is 5.22. The number of likely N-dealkylation sites (tertiary alicyclic amines) is 1. The van der Waals surface area contributed by atoms with Crippen molar-refractivity contribution in [3.63, 3.8) is 0 Å². The molecule has 5 nitrogen and oxygen atoms in total. The minimum absolute atomic E-state index is 0.0390. The number of imidazole rings is 1. The summed E-state index contributed by atoms with van der Waals surface area (Å²) in [4.78, 5) is 6.81. The smallest absolute Gasteiger partial charge is 0.127 e. The number of aromatic nitrogens is 2. The molecule has 2 aliphatic rings. The summed E-state index contributed by atoms with van der Waals surface area (Å²) in [5.74, 6) is 1.44. The van der Waals surface area contributed by atoms with Crippen molar-refractivity contribution in [3.05, 3.63) is 60.2 Å². The van der Waals surface area contributed by atoms with Gasteiger partial charge in [0.25, 0.3) is 0 Å². The Balaban J connectivity index is 1.32. The summed E-state index contributed by atoms with van der Waals surface area (Å²) < 4.78 is 21.6. The Morgan fingerprint density at radius 2 is 1.93 bits per heavy atom. The quantitative estimate of drug-likeness (QED) is 0.733. The maximum atomic E-state index is 14.3. The van der Waals surface area contributed by atoms with Gasteiger partial charge in [-0.05, 0) is 55.0 Å². The number of methoxy groups -OCH3 is 1. The molecule has 3 aromatic rings. The molecular weight excluding hydrogens is 369 g/mol. The molecule has 0 radical (unpaired) electrons. The molecule has 2 aromatic carbocycles. The van der Waals surface area contributed by atoms with Crippen LogP contribution < -0.4 is 4.74 Å². The monoisotopic (exact) mass is 395 g/mol. The van der Waals surface area contributed by atoms with Crippen molar-refractivity contribution >= 4 is 11.0 Å². The molecule has 1 aliphatic heterocycles. The molecule has 6 heteroatoms. The third kappa shape index (κ3) is 3.40. The number of para-hydroxylation sites is 2. The van der Waals surface area contributed by atoms with Gasteiger partial charge in [0.05, 0.1) is 36.6 Å². The van der Waals surface area contributed by atoms with Gasteiger partial charge in [-0.25, -0.2) is 9.37 Å². The van der Waals surface area contributed by atoms with Crippen molar-refractivity contribution in [2.45, 2.75) is 31.5 Å². The first kappa shape index (κ1) is 18.6. The Morgan fingerprint density at radius 1 is 1.14 bits per heavy atom. The molecule has 1 saturated carbocycles. The largest absolute Gasteiger partial charge is 0.497 e. The van der Waals surface area contributed by atoms with E-state index in [1.54, 1.807) is 19.2 Å². The Kier molecular flexibility index (Phi) is 4.76. The molecule has 2 heterocycles. The Hall–Kier alpha value is -2.44. The number of benzene rings is 2. The van der Waals surface area contributed by atoms with E-state index in [4.69, 9.17) is 4.74 Å². The first-order valence-electron chi connectivity index (χ1n) is 10.3. The first-order valence-corrected chi connectivity index (χ1v) is 10.3. The second-order valence-electron chi connectivity index (χ2n) is 8.42. The summed E-state index contributed by atoms with van der Waals surface area (Å²) in [5, 5.41) is 10.9. The van der Waals surface area contributed by atoms with Gasteiger partial charge < -0.3 is 14.4 Å². The van der Waals surface area contributed by atoms with E-state index in [-0.39, 0.29) is 18.0 Å². The van der Waals surface area contributed by atoms with E-state index in [1.165, 1.54) is 6.07 Å². The van der Waals surface area contributed by atoms with E-state index in [1.807, 2.05) is 24.5 Å². The highest BCUT2D eigenvalue weighted by Crippen LogP contribution is 2.42. The molecule has 5 rings (SSSR count). The van der Waals surface area contributed by atoms with Crippen LogP contribution in [0.4, 0.5) is 4.39 Å². The molecule has 4 atom stereocenters. The van der Waals surface area contributed by atoms with E-state index >= 15 is 0 Å². The zero-order chi connectivity index (χ0) is 20.0. The Morgan fingerprint density at radius 3 is 2.76 bits per heavy atom. The van der Waals surface area contributed by atoms with Crippen molar-refractivity contribution in [2.24, 2.45) is 11.8 Å². The van der Waals surface area contributed by atoms with Crippen LogP contribution >= 0.6 is 0 Å². The number of aliphatic hydroxyl groups excluding tert-OH is 1. The van der Waals surface area contributed by atoms with E-state index in [2.05, 4.69) is 20.5 Å². The fraction of sp³-hybridized carbons (Fsp3) is 0.435. The topological polar surface area (TPSA) is 50.5 Å². The average Bonchev–Trinajstić information content (AvgIpc) is 3.32. The van der Waals surface area contributed by atoms with Crippen LogP contribution in [0.5, 0.6) is 5.75 Å². The molecule has 0 bridgehead atoms. The number of aliphatic hydroxyl groups is 1. The predicted octanol–water partition coefficient (Wildman–Crippen LogP) is 3.63. The van der Waals surface area contributed by atoms with Crippen LogP contribution in [0, 0.1) is 17.7 Å². The minimum Gasteiger partial charge on any atom is -0.497 e. The lowest BCUT2D eigenvalue weighted by Crippen LogP contribution is -2.36. The average molecular weight is 395 g/mol. The predicted molar refractivity (Wildman–Crippen MR) is 109 cm³/mol. The van der Waals surface area contributed by atoms with Crippen molar-refractivity contribution in [1.82, 2.24) is 14.5 Å². The SMILES string of the molecule is COc1ccc(F)c(CN2C[C@H]3C[C@@H](n4cnc5ccccc54)[C@H](O)C[C@H]3C2)c1. The third-order valence-corrected chi connectivity index (χ3v) is 6.67. The standard InChI is InChI=1S/C23H26FN3O2/c1-29-18-6-7-19(24)17(8-18)13-26-11-15-9-22(23(28)10-16(15)12-26)27-14-25-20-4-2-3-5-21(20)27/h2-8,14-16,22-23,28H,9-13H2,1H3/t15-,16+,22-,23-/m1/s1. The second-order valence-corrected chi connectivity index (χ2v) is 8.42. The normalized spacial score (nSPS) is 27.3. The number of rotatable bonds is 4. The Labute approximate surface area is 169 Å². The molecule has 0 unspecified atom stereocenters. The van der Waals surface area contributed by atoms with Gasteiger partial charge in [-0.15, -0.1) is 0 Å². The molecule has 1 saturated heterocycles. The molecule has 29 heavy (non-hydrogen) atoms. The van der Waals surface area contributed by atoms with Crippen molar-refractivity contribution < 1.29 is 14.2 Å². The van der Waals surface area contributed by atoms with Crippen molar-refractivity contribution in [2.75, 3.05) is 20.2 Å². The van der Waals surface area contributed by atoms with Crippen LogP contribution in [0.3, 0.4) is 0 Å². The first-order chi connectivity index (χ1) is 14.1. The van der Waals surface area contributed by atoms with Crippen LogP contribution in [0.25, 0.3) is 11.0 Å². The summed E-state index contributed by atoms with van der Waals surface area (Å²) in [5.41, 5.74) is 2.70. The maximum absolute atomic E-state index is 14.3. The molecule has 1 N–H and O–H groups in total. The van der Waals surface area contributed by atoms with Crippen LogP contribution in [-0.2, 0) is 6.54 Å². The zero-order valence-corrected chi connectivity index (χ0v) is 16.5. The van der Waals surface area contributed by atoms with Gasteiger partial charge in [0.15, 0.2) is 0 Å².